The maximum Gasteiger partial charge on any atom is 0.284 e. The number of carbonyl (C=O) groups excluding carboxylic acids is 1. The second kappa shape index (κ2) is 11.7. The topological polar surface area (TPSA) is 136 Å². The fourth-order valence-electron chi connectivity index (χ4n) is 5.65. The van der Waals surface area contributed by atoms with Gasteiger partial charge in [-0.25, -0.2) is 19.6 Å². The van der Waals surface area contributed by atoms with Crippen molar-refractivity contribution in [3.05, 3.63) is 75.4 Å². The average molecular weight is 604 g/mol. The standard InChI is InChI=1S/C30H34ClN9O3/c1-18-26(30(42)40(37(18)2)22-6-4-5-20(31)14-22)29(41)35-21-8-11-38(12-9-21)28-27(32)34-15-24(36-28)19-7-10-33-25(13-19)39-16-23(17-39)43-3/h4-7,10,13-15,21,23H,8-9,11-12,16-17H2,1-3H3,(H2,32,34)(H,35,41). The van der Waals surface area contributed by atoms with E-state index in [1.54, 1.807) is 62.4 Å². The first-order valence-electron chi connectivity index (χ1n) is 14.2. The summed E-state index contributed by atoms with van der Waals surface area (Å²) in [5.74, 6) is 1.46. The first kappa shape index (κ1) is 28.7. The van der Waals surface area contributed by atoms with Crippen LogP contribution in [-0.2, 0) is 11.8 Å². The summed E-state index contributed by atoms with van der Waals surface area (Å²) in [7, 11) is 3.47. The molecule has 12 nitrogen and oxygen atoms in total. The molecule has 2 saturated heterocycles. The second-order valence-electron chi connectivity index (χ2n) is 10.9. The summed E-state index contributed by atoms with van der Waals surface area (Å²) in [4.78, 5) is 44.7. The maximum absolute atomic E-state index is 13.3. The Hall–Kier alpha value is -4.42. The van der Waals surface area contributed by atoms with Gasteiger partial charge in [-0.05, 0) is 50.1 Å². The van der Waals surface area contributed by atoms with Gasteiger partial charge in [-0.15, -0.1) is 0 Å². The number of nitrogens with one attached hydrogen (secondary N) is 1. The van der Waals surface area contributed by atoms with Crippen molar-refractivity contribution in [1.82, 2.24) is 29.6 Å². The summed E-state index contributed by atoms with van der Waals surface area (Å²) in [6.45, 7) is 4.63. The summed E-state index contributed by atoms with van der Waals surface area (Å²) in [5, 5.41) is 3.58. The van der Waals surface area contributed by atoms with E-state index in [9.17, 15) is 9.59 Å². The van der Waals surface area contributed by atoms with E-state index in [4.69, 9.17) is 27.1 Å². The van der Waals surface area contributed by atoms with Gasteiger partial charge in [0.1, 0.15) is 11.4 Å². The number of rotatable bonds is 7. The molecule has 1 amide bonds. The molecule has 4 aromatic rings. The van der Waals surface area contributed by atoms with Crippen LogP contribution in [0.25, 0.3) is 16.9 Å². The van der Waals surface area contributed by atoms with Crippen molar-refractivity contribution in [1.29, 1.82) is 0 Å². The molecule has 2 fully saturated rings. The van der Waals surface area contributed by atoms with Crippen molar-refractivity contribution in [3.8, 4) is 16.9 Å². The Labute approximate surface area is 254 Å². The van der Waals surface area contributed by atoms with Crippen LogP contribution in [0.15, 0.2) is 53.6 Å². The Bertz CT molecular complexity index is 1720. The number of nitrogens with zero attached hydrogens (tertiary/aromatic N) is 7. The van der Waals surface area contributed by atoms with Gasteiger partial charge in [0, 0.05) is 63.2 Å². The number of piperidine rings is 1. The van der Waals surface area contributed by atoms with E-state index < -0.39 is 0 Å². The molecule has 0 spiro atoms. The molecule has 0 aliphatic carbocycles. The summed E-state index contributed by atoms with van der Waals surface area (Å²) in [6, 6.07) is 10.8. The van der Waals surface area contributed by atoms with E-state index in [1.807, 2.05) is 12.1 Å². The number of amides is 1. The number of hydrogen-bond acceptors (Lipinski definition) is 9. The minimum absolute atomic E-state index is 0.102. The molecule has 2 aliphatic rings. The summed E-state index contributed by atoms with van der Waals surface area (Å²) in [5.41, 5.74) is 8.80. The van der Waals surface area contributed by atoms with Crippen LogP contribution in [-0.4, -0.2) is 75.7 Å². The minimum Gasteiger partial charge on any atom is -0.381 e. The highest BCUT2D eigenvalue weighted by Gasteiger charge is 2.29. The van der Waals surface area contributed by atoms with Crippen LogP contribution < -0.4 is 26.4 Å². The van der Waals surface area contributed by atoms with Crippen LogP contribution in [0.1, 0.15) is 28.9 Å². The minimum atomic E-state index is -0.385. The van der Waals surface area contributed by atoms with Gasteiger partial charge in [0.2, 0.25) is 0 Å². The van der Waals surface area contributed by atoms with Crippen LogP contribution in [0.3, 0.4) is 0 Å². The largest absolute Gasteiger partial charge is 0.381 e. The molecule has 5 heterocycles. The van der Waals surface area contributed by atoms with Gasteiger partial charge >= 0.3 is 0 Å². The molecular weight excluding hydrogens is 570 g/mol. The predicted octanol–water partition coefficient (Wildman–Crippen LogP) is 2.81. The Morgan fingerprint density at radius 1 is 1.12 bits per heavy atom. The van der Waals surface area contributed by atoms with E-state index in [0.717, 1.165) is 24.5 Å². The highest BCUT2D eigenvalue weighted by Crippen LogP contribution is 2.29. The van der Waals surface area contributed by atoms with Crippen LogP contribution in [0.5, 0.6) is 0 Å². The molecule has 1 aromatic carbocycles. The Kier molecular flexibility index (Phi) is 7.80. The van der Waals surface area contributed by atoms with Crippen molar-refractivity contribution in [3.63, 3.8) is 0 Å². The molecule has 13 heteroatoms. The van der Waals surface area contributed by atoms with E-state index in [-0.39, 0.29) is 29.2 Å². The zero-order chi connectivity index (χ0) is 30.2. The number of hydrogen-bond donors (Lipinski definition) is 2. The van der Waals surface area contributed by atoms with Crippen LogP contribution in [0.2, 0.25) is 5.02 Å². The second-order valence-corrected chi connectivity index (χ2v) is 11.4. The van der Waals surface area contributed by atoms with Crippen molar-refractivity contribution < 1.29 is 9.53 Å². The molecule has 0 saturated carbocycles. The van der Waals surface area contributed by atoms with Crippen molar-refractivity contribution in [2.24, 2.45) is 7.05 Å². The Morgan fingerprint density at radius 2 is 1.88 bits per heavy atom. The maximum atomic E-state index is 13.3. The number of anilines is 3. The third-order valence-corrected chi connectivity index (χ3v) is 8.53. The van der Waals surface area contributed by atoms with Gasteiger partial charge in [0.25, 0.3) is 11.5 Å². The molecule has 3 aromatic heterocycles. The van der Waals surface area contributed by atoms with Gasteiger partial charge in [0.05, 0.1) is 29.4 Å². The molecule has 3 N–H and O–H groups in total. The number of halogens is 1. The smallest absolute Gasteiger partial charge is 0.284 e. The number of nitrogens with two attached hydrogens (primary N) is 1. The van der Waals surface area contributed by atoms with Crippen molar-refractivity contribution in [2.45, 2.75) is 31.9 Å². The fraction of sp³-hybridized carbons (Fsp3) is 0.367. The number of aromatic nitrogens is 5. The van der Waals surface area contributed by atoms with Gasteiger partial charge in [-0.3, -0.25) is 14.3 Å². The molecule has 0 radical (unpaired) electrons. The van der Waals surface area contributed by atoms with Crippen LogP contribution in [0, 0.1) is 6.92 Å². The van der Waals surface area contributed by atoms with Gasteiger partial charge in [0.15, 0.2) is 11.6 Å². The lowest BCUT2D eigenvalue weighted by Gasteiger charge is -2.39. The molecular formula is C30H34ClN9O3. The third-order valence-electron chi connectivity index (χ3n) is 8.29. The third kappa shape index (κ3) is 5.55. The lowest BCUT2D eigenvalue weighted by Crippen LogP contribution is -2.52. The van der Waals surface area contributed by atoms with Gasteiger partial charge < -0.3 is 25.6 Å². The summed E-state index contributed by atoms with van der Waals surface area (Å²) < 4.78 is 8.51. The first-order chi connectivity index (χ1) is 20.7. The van der Waals surface area contributed by atoms with Crippen molar-refractivity contribution >= 4 is 35.0 Å². The molecule has 0 atom stereocenters. The normalized spacial score (nSPS) is 15.9. The number of methoxy groups -OCH3 is 1. The number of ether oxygens (including phenoxy) is 1. The number of nitrogen functional groups attached to an aromatic ring is 1. The average Bonchev–Trinajstić information content (AvgIpc) is 3.20. The van der Waals surface area contributed by atoms with E-state index in [1.165, 1.54) is 4.68 Å². The van der Waals surface area contributed by atoms with E-state index in [2.05, 4.69) is 25.1 Å². The molecule has 224 valence electrons. The quantitative estimate of drug-likeness (QED) is 0.327. The molecule has 6 rings (SSSR count). The molecule has 2 aliphatic heterocycles. The zero-order valence-corrected chi connectivity index (χ0v) is 25.1. The van der Waals surface area contributed by atoms with E-state index >= 15 is 0 Å². The summed E-state index contributed by atoms with van der Waals surface area (Å²) in [6.07, 6.45) is 5.01. The van der Waals surface area contributed by atoms with Crippen LogP contribution in [0.4, 0.5) is 17.5 Å². The summed E-state index contributed by atoms with van der Waals surface area (Å²) >= 11 is 6.14. The monoisotopic (exact) mass is 603 g/mol. The SMILES string of the molecule is COC1CN(c2cc(-c3cnc(N)c(N4CCC(NC(=O)c5c(C)n(C)n(-c6cccc(Cl)c6)c5=O)CC4)n3)ccn2)C1. The highest BCUT2D eigenvalue weighted by atomic mass is 35.5. The Balaban J connectivity index is 1.13. The molecule has 43 heavy (non-hydrogen) atoms. The zero-order valence-electron chi connectivity index (χ0n) is 24.3. The molecule has 0 unspecified atom stereocenters. The predicted molar refractivity (Wildman–Crippen MR) is 166 cm³/mol. The van der Waals surface area contributed by atoms with Crippen LogP contribution >= 0.6 is 11.6 Å². The number of pyridine rings is 1. The molecule has 0 bridgehead atoms. The van der Waals surface area contributed by atoms with E-state index in [0.29, 0.717) is 59.7 Å². The Morgan fingerprint density at radius 3 is 2.60 bits per heavy atom. The first-order valence-corrected chi connectivity index (χ1v) is 14.6. The fourth-order valence-corrected chi connectivity index (χ4v) is 5.83. The van der Waals surface area contributed by atoms with Gasteiger partial charge in [-0.1, -0.05) is 17.7 Å². The van der Waals surface area contributed by atoms with Crippen molar-refractivity contribution in [2.75, 3.05) is 48.8 Å². The number of carbonyl (C=O) groups is 1. The highest BCUT2D eigenvalue weighted by molar-refractivity contribution is 6.30. The van der Waals surface area contributed by atoms with Gasteiger partial charge in [-0.2, -0.15) is 0 Å². The lowest BCUT2D eigenvalue weighted by molar-refractivity contribution is 0.0783. The lowest BCUT2D eigenvalue weighted by atomic mass is 10.0. The number of benzene rings is 1.